The summed E-state index contributed by atoms with van der Waals surface area (Å²) in [5, 5.41) is 0.501. The monoisotopic (exact) mass is 728 g/mol. The number of nitrogens with zero attached hydrogens (tertiary/aromatic N) is 1. The maximum absolute atomic E-state index is 14.7. The third kappa shape index (κ3) is 7.34. The molecule has 0 saturated carbocycles. The van der Waals surface area contributed by atoms with E-state index < -0.39 is 99.0 Å². The van der Waals surface area contributed by atoms with Gasteiger partial charge in [-0.3, -0.25) is 9.59 Å². The van der Waals surface area contributed by atoms with E-state index in [2.05, 4.69) is 4.74 Å². The van der Waals surface area contributed by atoms with E-state index >= 15 is 0 Å². The van der Waals surface area contributed by atoms with Crippen LogP contribution in [0.4, 0.5) is 68.5 Å². The molecular formula is C28H18ClF13N2O4. The predicted molar refractivity (Wildman–Crippen MR) is 143 cm³/mol. The lowest BCUT2D eigenvalue weighted by Gasteiger charge is -2.31. The molecule has 0 fully saturated rings. The van der Waals surface area contributed by atoms with Gasteiger partial charge in [-0.05, 0) is 49.4 Å². The predicted octanol–water partition coefficient (Wildman–Crippen LogP) is 9.32. The van der Waals surface area contributed by atoms with Crippen LogP contribution in [0.3, 0.4) is 0 Å². The Morgan fingerprint density at radius 3 is 1.98 bits per heavy atom. The second kappa shape index (κ2) is 13.6. The molecule has 0 aliphatic rings. The van der Waals surface area contributed by atoms with Gasteiger partial charge in [0, 0.05) is 12.1 Å². The fraction of sp³-hybridized carbons (Fsp3) is 0.286. The van der Waals surface area contributed by atoms with Crippen LogP contribution in [0.25, 0.3) is 0 Å². The Bertz CT molecular complexity index is 1680. The lowest BCUT2D eigenvalue weighted by atomic mass is 9.93. The molecule has 0 radical (unpaired) electrons. The Morgan fingerprint density at radius 1 is 0.875 bits per heavy atom. The highest BCUT2D eigenvalue weighted by atomic mass is 35.5. The number of anilines is 2. The van der Waals surface area contributed by atoms with Crippen molar-refractivity contribution in [2.45, 2.75) is 37.7 Å². The van der Waals surface area contributed by atoms with Crippen LogP contribution in [0, 0.1) is 5.82 Å². The second-order valence-electron chi connectivity index (χ2n) is 9.42. The van der Waals surface area contributed by atoms with Gasteiger partial charge in [0.05, 0.1) is 34.5 Å². The van der Waals surface area contributed by atoms with Gasteiger partial charge in [0.2, 0.25) is 0 Å². The summed E-state index contributed by atoms with van der Waals surface area (Å²) in [5.74, 6) is -6.31. The first-order valence-electron chi connectivity index (χ1n) is 12.8. The molecule has 0 bridgehead atoms. The van der Waals surface area contributed by atoms with Gasteiger partial charge in [-0.15, -0.1) is 0 Å². The number of benzene rings is 3. The molecule has 3 aromatic carbocycles. The zero-order valence-electron chi connectivity index (χ0n) is 23.8. The van der Waals surface area contributed by atoms with Crippen molar-refractivity contribution in [3.63, 3.8) is 0 Å². The number of carbonyl (C=O) groups is 2. The van der Waals surface area contributed by atoms with Gasteiger partial charge >= 0.3 is 30.8 Å². The van der Waals surface area contributed by atoms with Gasteiger partial charge in [0.25, 0.3) is 11.8 Å². The van der Waals surface area contributed by atoms with E-state index in [1.54, 1.807) is 0 Å². The van der Waals surface area contributed by atoms with Crippen LogP contribution >= 0.6 is 11.6 Å². The van der Waals surface area contributed by atoms with E-state index in [1.165, 1.54) is 6.92 Å². The number of halogens is 14. The summed E-state index contributed by atoms with van der Waals surface area (Å²) in [6.07, 6.45) is -18.3. The summed E-state index contributed by atoms with van der Waals surface area (Å²) in [6, 6.07) is 3.52. The van der Waals surface area contributed by atoms with Crippen molar-refractivity contribution in [2.75, 3.05) is 23.9 Å². The largest absolute Gasteiger partial charge is 0.494 e. The molecule has 20 heteroatoms. The highest BCUT2D eigenvalue weighted by Gasteiger charge is 2.73. The van der Waals surface area contributed by atoms with Crippen LogP contribution in [0.2, 0.25) is 5.02 Å². The normalized spacial score (nSPS) is 12.6. The number of alkyl halides is 12. The zero-order valence-corrected chi connectivity index (χ0v) is 24.5. The average molecular weight is 729 g/mol. The molecule has 0 saturated heterocycles. The highest BCUT2D eigenvalue weighted by Crippen LogP contribution is 2.55. The van der Waals surface area contributed by atoms with Gasteiger partial charge < -0.3 is 19.7 Å². The molecule has 0 spiro atoms. The van der Waals surface area contributed by atoms with Crippen molar-refractivity contribution in [1.82, 2.24) is 0 Å². The van der Waals surface area contributed by atoms with E-state index in [0.29, 0.717) is 17.0 Å². The van der Waals surface area contributed by atoms with Crippen molar-refractivity contribution < 1.29 is 76.1 Å². The molecule has 0 unspecified atom stereocenters. The van der Waals surface area contributed by atoms with E-state index in [4.69, 9.17) is 16.3 Å². The van der Waals surface area contributed by atoms with Crippen LogP contribution in [0.1, 0.15) is 38.8 Å². The van der Waals surface area contributed by atoms with Crippen LogP contribution in [-0.4, -0.2) is 44.4 Å². The molecular weight excluding hydrogens is 711 g/mol. The third-order valence-corrected chi connectivity index (χ3v) is 6.81. The van der Waals surface area contributed by atoms with Crippen LogP contribution in [0.15, 0.2) is 48.5 Å². The number of hydrogen-bond donors (Lipinski definition) is 1. The number of carbonyl (C=O) groups excluding carboxylic acids is 2. The molecule has 3 aromatic rings. The van der Waals surface area contributed by atoms with Crippen LogP contribution in [0.5, 0.6) is 11.5 Å². The third-order valence-electron chi connectivity index (χ3n) is 6.51. The molecule has 6 nitrogen and oxygen atoms in total. The number of ether oxygens (including phenoxy) is 2. The summed E-state index contributed by atoms with van der Waals surface area (Å²) in [7, 11) is 0.932. The van der Waals surface area contributed by atoms with Gasteiger partial charge in [-0.2, -0.15) is 48.3 Å². The quantitative estimate of drug-likeness (QED) is 0.223. The van der Waals surface area contributed by atoms with E-state index in [0.717, 1.165) is 25.3 Å². The molecule has 0 aliphatic carbocycles. The molecule has 0 atom stereocenters. The number of rotatable bonds is 9. The minimum Gasteiger partial charge on any atom is -0.494 e. The first-order chi connectivity index (χ1) is 22.0. The molecule has 0 aliphatic heterocycles. The SMILES string of the molecule is CCN(C(=O)c1cc(C(F)(F)F)ccc1F)c1cccc(C(=O)Nc2c(Cl)cc(C(F)(C(F)(F)F)C(F)(F)F)cc2OC(F)F)c1OC. The molecule has 48 heavy (non-hydrogen) atoms. The summed E-state index contributed by atoms with van der Waals surface area (Å²) in [4.78, 5) is 27.2. The fourth-order valence-electron chi connectivity index (χ4n) is 4.32. The zero-order chi connectivity index (χ0) is 36.6. The van der Waals surface area contributed by atoms with Gasteiger partial charge in [0.1, 0.15) is 11.5 Å². The Morgan fingerprint density at radius 2 is 1.48 bits per heavy atom. The van der Waals surface area contributed by atoms with Crippen LogP contribution in [-0.2, 0) is 11.8 Å². The van der Waals surface area contributed by atoms with Gasteiger partial charge in [0.15, 0.2) is 11.5 Å². The average Bonchev–Trinajstić information content (AvgIpc) is 2.96. The fourth-order valence-corrected chi connectivity index (χ4v) is 4.58. The van der Waals surface area contributed by atoms with Crippen molar-refractivity contribution >= 4 is 34.8 Å². The van der Waals surface area contributed by atoms with E-state index in [-0.39, 0.29) is 24.4 Å². The highest BCUT2D eigenvalue weighted by molar-refractivity contribution is 6.34. The molecule has 2 amide bonds. The number of amides is 2. The Hall–Kier alpha value is -4.42. The first kappa shape index (κ1) is 38.0. The Labute approximate surface area is 266 Å². The van der Waals surface area contributed by atoms with Crippen molar-refractivity contribution in [1.29, 1.82) is 0 Å². The number of methoxy groups -OCH3 is 1. The van der Waals surface area contributed by atoms with Crippen LogP contribution < -0.4 is 19.7 Å². The molecule has 0 heterocycles. The molecule has 3 rings (SSSR count). The molecule has 262 valence electrons. The topological polar surface area (TPSA) is 67.9 Å². The first-order valence-corrected chi connectivity index (χ1v) is 13.1. The molecule has 0 aromatic heterocycles. The van der Waals surface area contributed by atoms with Crippen molar-refractivity contribution in [2.24, 2.45) is 0 Å². The van der Waals surface area contributed by atoms with Crippen molar-refractivity contribution in [3.05, 3.63) is 81.6 Å². The Balaban J connectivity index is 2.13. The number of para-hydroxylation sites is 1. The van der Waals surface area contributed by atoms with Gasteiger partial charge in [-0.1, -0.05) is 17.7 Å². The summed E-state index contributed by atoms with van der Waals surface area (Å²) >= 11 is 5.76. The lowest BCUT2D eigenvalue weighted by molar-refractivity contribution is -0.348. The minimum absolute atomic E-state index is 0.231. The van der Waals surface area contributed by atoms with E-state index in [9.17, 15) is 66.7 Å². The maximum Gasteiger partial charge on any atom is 0.435 e. The molecule has 1 N–H and O–H groups in total. The minimum atomic E-state index is -6.67. The van der Waals surface area contributed by atoms with E-state index in [1.807, 2.05) is 5.32 Å². The summed E-state index contributed by atoms with van der Waals surface area (Å²) in [5.41, 5.74) is -13.0. The summed E-state index contributed by atoms with van der Waals surface area (Å²) < 4.78 is 184. The standard InChI is InChI=1S/C28H18ClF13N2O4/c1-3-44(23(46)15-9-12(26(34,35)36)7-8-17(15)30)18-6-4-5-14(21(18)47-2)22(45)43-20-16(29)10-13(11-19(20)48-24(31)32)25(33,27(37,38)39)28(40,41)42/h4-11,24H,3H2,1-2H3,(H,43,45). The number of hydrogen-bond acceptors (Lipinski definition) is 4. The van der Waals surface area contributed by atoms with Crippen molar-refractivity contribution in [3.8, 4) is 11.5 Å². The summed E-state index contributed by atoms with van der Waals surface area (Å²) in [6.45, 7) is -3.02. The maximum atomic E-state index is 14.7. The second-order valence-corrected chi connectivity index (χ2v) is 9.82. The number of nitrogens with one attached hydrogen (secondary N) is 1. The Kier molecular flexibility index (Phi) is 10.8. The smallest absolute Gasteiger partial charge is 0.435 e. The lowest BCUT2D eigenvalue weighted by Crippen LogP contribution is -2.50. The van der Waals surface area contributed by atoms with Gasteiger partial charge in [-0.25, -0.2) is 8.78 Å².